The maximum absolute atomic E-state index is 12.8. The molecule has 116 valence electrons. The molecule has 0 aromatic carbocycles. The minimum Gasteiger partial charge on any atom is -0.342 e. The summed E-state index contributed by atoms with van der Waals surface area (Å²) in [6.45, 7) is 14.4. The molecule has 20 heavy (non-hydrogen) atoms. The lowest BCUT2D eigenvalue weighted by Crippen LogP contribution is -2.67. The Morgan fingerprint density at radius 2 is 1.60 bits per heavy atom. The van der Waals surface area contributed by atoms with Crippen LogP contribution in [0.2, 0.25) is 0 Å². The van der Waals surface area contributed by atoms with Gasteiger partial charge in [0, 0.05) is 6.04 Å². The molecule has 1 aliphatic heterocycles. The predicted octanol–water partition coefficient (Wildman–Crippen LogP) is 2.43. The third-order valence-corrected chi connectivity index (χ3v) is 4.18. The maximum Gasteiger partial charge on any atom is 0.246 e. The zero-order valence-corrected chi connectivity index (χ0v) is 13.9. The zero-order valence-electron chi connectivity index (χ0n) is 13.9. The van der Waals surface area contributed by atoms with Gasteiger partial charge in [-0.1, -0.05) is 41.5 Å². The van der Waals surface area contributed by atoms with Gasteiger partial charge in [0.25, 0.3) is 0 Å². The Kier molecular flexibility index (Phi) is 5.60. The molecule has 0 radical (unpaired) electrons. The Morgan fingerprint density at radius 1 is 1.05 bits per heavy atom. The summed E-state index contributed by atoms with van der Waals surface area (Å²) in [7, 11) is 0. The van der Waals surface area contributed by atoms with Crippen LogP contribution in [0.25, 0.3) is 0 Å². The van der Waals surface area contributed by atoms with Gasteiger partial charge >= 0.3 is 0 Å². The standard InChI is InChI=1S/C16H30N2O2/c1-9(2)8-13-16(20)18(12(7)10(3)4)14(11(5)6)15(19)17-13/h9-14H,8H2,1-7H3,(H,17,19). The van der Waals surface area contributed by atoms with Crippen LogP contribution in [0, 0.1) is 17.8 Å². The molecule has 1 aliphatic rings. The number of rotatable bonds is 5. The van der Waals surface area contributed by atoms with E-state index in [0.717, 1.165) is 0 Å². The lowest BCUT2D eigenvalue weighted by atomic mass is 9.90. The minimum atomic E-state index is -0.362. The second-order valence-electron chi connectivity index (χ2n) is 7.11. The van der Waals surface area contributed by atoms with Crippen LogP contribution in [0.1, 0.15) is 54.9 Å². The van der Waals surface area contributed by atoms with Gasteiger partial charge in [-0.2, -0.15) is 0 Å². The molecule has 1 heterocycles. The van der Waals surface area contributed by atoms with Gasteiger partial charge in [-0.15, -0.1) is 0 Å². The van der Waals surface area contributed by atoms with E-state index in [4.69, 9.17) is 0 Å². The van der Waals surface area contributed by atoms with Crippen LogP contribution in [0.5, 0.6) is 0 Å². The zero-order chi connectivity index (χ0) is 15.6. The molecule has 0 aromatic rings. The van der Waals surface area contributed by atoms with Crippen LogP contribution >= 0.6 is 0 Å². The number of hydrogen-bond acceptors (Lipinski definition) is 2. The lowest BCUT2D eigenvalue weighted by molar-refractivity contribution is -0.155. The molecule has 0 spiro atoms. The number of nitrogens with zero attached hydrogens (tertiary/aromatic N) is 1. The monoisotopic (exact) mass is 282 g/mol. The summed E-state index contributed by atoms with van der Waals surface area (Å²) in [5, 5.41) is 2.92. The van der Waals surface area contributed by atoms with E-state index < -0.39 is 0 Å². The molecule has 4 heteroatoms. The number of hydrogen-bond donors (Lipinski definition) is 1. The van der Waals surface area contributed by atoms with E-state index in [2.05, 4.69) is 33.0 Å². The van der Waals surface area contributed by atoms with Crippen molar-refractivity contribution in [2.45, 2.75) is 73.0 Å². The fourth-order valence-electron chi connectivity index (χ4n) is 2.79. The van der Waals surface area contributed by atoms with E-state index in [1.807, 2.05) is 25.7 Å². The van der Waals surface area contributed by atoms with E-state index >= 15 is 0 Å². The number of piperazine rings is 1. The molecular weight excluding hydrogens is 252 g/mol. The van der Waals surface area contributed by atoms with Crippen molar-refractivity contribution in [1.29, 1.82) is 0 Å². The van der Waals surface area contributed by atoms with Crippen molar-refractivity contribution < 1.29 is 9.59 Å². The first-order chi connectivity index (χ1) is 9.16. The van der Waals surface area contributed by atoms with Gasteiger partial charge in [-0.25, -0.2) is 0 Å². The Bertz CT molecular complexity index is 363. The highest BCUT2D eigenvalue weighted by Crippen LogP contribution is 2.25. The van der Waals surface area contributed by atoms with E-state index in [-0.39, 0.29) is 35.9 Å². The first kappa shape index (κ1) is 17.0. The molecule has 3 unspecified atom stereocenters. The number of nitrogens with one attached hydrogen (secondary N) is 1. The van der Waals surface area contributed by atoms with Crippen LogP contribution in [0.15, 0.2) is 0 Å². The summed E-state index contributed by atoms with van der Waals surface area (Å²) in [6.07, 6.45) is 0.705. The van der Waals surface area contributed by atoms with Gasteiger partial charge in [0.05, 0.1) is 0 Å². The van der Waals surface area contributed by atoms with Crippen LogP contribution < -0.4 is 5.32 Å². The summed E-state index contributed by atoms with van der Waals surface area (Å²) in [5.74, 6) is 0.929. The summed E-state index contributed by atoms with van der Waals surface area (Å²) in [6, 6.07) is -0.627. The number of amides is 2. The van der Waals surface area contributed by atoms with Gasteiger partial charge < -0.3 is 10.2 Å². The topological polar surface area (TPSA) is 49.4 Å². The van der Waals surface area contributed by atoms with Crippen molar-refractivity contribution in [3.05, 3.63) is 0 Å². The van der Waals surface area contributed by atoms with E-state index in [0.29, 0.717) is 18.3 Å². The van der Waals surface area contributed by atoms with E-state index in [9.17, 15) is 9.59 Å². The first-order valence-electron chi connectivity index (χ1n) is 7.79. The van der Waals surface area contributed by atoms with Gasteiger partial charge in [0.2, 0.25) is 11.8 Å². The average molecular weight is 282 g/mol. The van der Waals surface area contributed by atoms with Crippen LogP contribution in [-0.4, -0.2) is 34.8 Å². The molecule has 3 atom stereocenters. The highest BCUT2D eigenvalue weighted by atomic mass is 16.2. The van der Waals surface area contributed by atoms with Crippen molar-refractivity contribution in [2.24, 2.45) is 17.8 Å². The van der Waals surface area contributed by atoms with Crippen molar-refractivity contribution >= 4 is 11.8 Å². The first-order valence-corrected chi connectivity index (χ1v) is 7.79. The minimum absolute atomic E-state index is 0.00208. The van der Waals surface area contributed by atoms with Crippen LogP contribution in [-0.2, 0) is 9.59 Å². The Labute approximate surface area is 123 Å². The molecule has 2 amide bonds. The van der Waals surface area contributed by atoms with Gasteiger partial charge in [-0.3, -0.25) is 9.59 Å². The summed E-state index contributed by atoms with van der Waals surface area (Å²) in [5.41, 5.74) is 0. The maximum atomic E-state index is 12.8. The largest absolute Gasteiger partial charge is 0.342 e. The third kappa shape index (κ3) is 3.53. The van der Waals surface area contributed by atoms with Crippen molar-refractivity contribution in [3.63, 3.8) is 0 Å². The van der Waals surface area contributed by atoms with E-state index in [1.54, 1.807) is 0 Å². The van der Waals surface area contributed by atoms with Gasteiger partial charge in [0.1, 0.15) is 12.1 Å². The quantitative estimate of drug-likeness (QED) is 0.842. The molecule has 0 aromatic heterocycles. The number of carbonyl (C=O) groups excluding carboxylic acids is 2. The van der Waals surface area contributed by atoms with Crippen molar-refractivity contribution in [3.8, 4) is 0 Å². The predicted molar refractivity (Wildman–Crippen MR) is 81.2 cm³/mol. The molecule has 0 saturated carbocycles. The Balaban J connectivity index is 3.07. The fourth-order valence-corrected chi connectivity index (χ4v) is 2.79. The van der Waals surface area contributed by atoms with Crippen molar-refractivity contribution in [2.75, 3.05) is 0 Å². The summed E-state index contributed by atoms with van der Waals surface area (Å²) < 4.78 is 0. The molecule has 1 fully saturated rings. The van der Waals surface area contributed by atoms with Crippen molar-refractivity contribution in [1.82, 2.24) is 10.2 Å². The molecule has 0 bridgehead atoms. The highest BCUT2D eigenvalue weighted by Gasteiger charge is 2.44. The summed E-state index contributed by atoms with van der Waals surface area (Å²) in [4.78, 5) is 27.0. The average Bonchev–Trinajstić information content (AvgIpc) is 2.30. The van der Waals surface area contributed by atoms with Gasteiger partial charge in [0.15, 0.2) is 0 Å². The molecule has 1 saturated heterocycles. The normalized spacial score (nSPS) is 25.6. The molecule has 1 rings (SSSR count). The second kappa shape index (κ2) is 6.59. The SMILES string of the molecule is CC(C)CC1NC(=O)C(C(C)C)N(C(C)C(C)C)C1=O. The second-order valence-corrected chi connectivity index (χ2v) is 7.11. The molecule has 1 N–H and O–H groups in total. The highest BCUT2D eigenvalue weighted by molar-refractivity contribution is 5.97. The molecule has 0 aliphatic carbocycles. The summed E-state index contributed by atoms with van der Waals surface area (Å²) >= 11 is 0. The molecule has 4 nitrogen and oxygen atoms in total. The Morgan fingerprint density at radius 3 is 2.00 bits per heavy atom. The number of carbonyl (C=O) groups is 2. The fraction of sp³-hybridized carbons (Fsp3) is 0.875. The Hall–Kier alpha value is -1.06. The third-order valence-electron chi connectivity index (χ3n) is 4.18. The molecular formula is C16H30N2O2. The lowest BCUT2D eigenvalue weighted by Gasteiger charge is -2.45. The van der Waals surface area contributed by atoms with Crippen LogP contribution in [0.4, 0.5) is 0 Å². The van der Waals surface area contributed by atoms with E-state index in [1.165, 1.54) is 0 Å². The van der Waals surface area contributed by atoms with Crippen LogP contribution in [0.3, 0.4) is 0 Å². The smallest absolute Gasteiger partial charge is 0.246 e. The van der Waals surface area contributed by atoms with Gasteiger partial charge in [-0.05, 0) is 31.1 Å².